The maximum absolute atomic E-state index is 12.4. The summed E-state index contributed by atoms with van der Waals surface area (Å²) >= 11 is 0. The average molecular weight is 332 g/mol. The van der Waals surface area contributed by atoms with Gasteiger partial charge in [-0.05, 0) is 80.0 Å². The summed E-state index contributed by atoms with van der Waals surface area (Å²) in [7, 11) is 0. The Morgan fingerprint density at radius 1 is 1.08 bits per heavy atom. The van der Waals surface area contributed by atoms with Crippen molar-refractivity contribution < 1.29 is 9.59 Å². The van der Waals surface area contributed by atoms with Crippen LogP contribution in [0.25, 0.3) is 0 Å². The van der Waals surface area contributed by atoms with Gasteiger partial charge in [-0.1, -0.05) is 20.8 Å². The lowest BCUT2D eigenvalue weighted by Crippen LogP contribution is -2.61. The first-order chi connectivity index (χ1) is 11.3. The van der Waals surface area contributed by atoms with Crippen molar-refractivity contribution in [2.45, 2.75) is 78.7 Å². The van der Waals surface area contributed by atoms with E-state index in [9.17, 15) is 9.59 Å². The molecule has 4 aliphatic rings. The number of carbonyl (C=O) groups excluding carboxylic acids is 2. The SMILES string of the molecule is CC(=O)[C@H]1[C@@H](C)C[C@H]2[C@@H]3CC[C@H]4NC(=O)CC[C@]4(C)[C@H]3CC[C@@]21C. The van der Waals surface area contributed by atoms with Crippen LogP contribution in [0.5, 0.6) is 0 Å². The Balaban J connectivity index is 1.65. The minimum atomic E-state index is 0.216. The summed E-state index contributed by atoms with van der Waals surface area (Å²) in [6.07, 6.45) is 7.80. The lowest BCUT2D eigenvalue weighted by atomic mass is 9.47. The van der Waals surface area contributed by atoms with Gasteiger partial charge in [0.25, 0.3) is 0 Å². The number of amides is 1. The number of rotatable bonds is 1. The smallest absolute Gasteiger partial charge is 0.220 e. The maximum Gasteiger partial charge on any atom is 0.220 e. The van der Waals surface area contributed by atoms with E-state index in [-0.39, 0.29) is 22.7 Å². The fraction of sp³-hybridized carbons (Fsp3) is 0.905. The van der Waals surface area contributed by atoms with Crippen LogP contribution in [0.3, 0.4) is 0 Å². The van der Waals surface area contributed by atoms with Crippen molar-refractivity contribution in [3.05, 3.63) is 0 Å². The van der Waals surface area contributed by atoms with Crippen molar-refractivity contribution in [2.24, 2.45) is 40.4 Å². The Hall–Kier alpha value is -0.860. The molecule has 0 aromatic carbocycles. The van der Waals surface area contributed by atoms with E-state index in [1.807, 2.05) is 6.92 Å². The first-order valence-electron chi connectivity index (χ1n) is 10.1. The van der Waals surface area contributed by atoms with Gasteiger partial charge in [0.1, 0.15) is 5.78 Å². The molecule has 1 N–H and O–H groups in total. The van der Waals surface area contributed by atoms with Crippen LogP contribution in [-0.4, -0.2) is 17.7 Å². The zero-order valence-corrected chi connectivity index (χ0v) is 15.7. The summed E-state index contributed by atoms with van der Waals surface area (Å²) in [5, 5.41) is 3.30. The van der Waals surface area contributed by atoms with Gasteiger partial charge in [0.05, 0.1) is 0 Å². The van der Waals surface area contributed by atoms with Crippen LogP contribution in [-0.2, 0) is 9.59 Å². The third-order valence-corrected chi connectivity index (χ3v) is 8.88. The molecule has 0 radical (unpaired) electrons. The largest absolute Gasteiger partial charge is 0.353 e. The van der Waals surface area contributed by atoms with Crippen LogP contribution >= 0.6 is 0 Å². The number of Topliss-reactive ketones (excluding diaryl/α,β-unsaturated/α-hetero) is 1. The van der Waals surface area contributed by atoms with Crippen LogP contribution in [0, 0.1) is 40.4 Å². The monoisotopic (exact) mass is 331 g/mol. The van der Waals surface area contributed by atoms with Gasteiger partial charge < -0.3 is 5.32 Å². The number of piperidine rings is 1. The quantitative estimate of drug-likeness (QED) is 0.790. The number of fused-ring (bicyclic) bond motifs is 5. The molecule has 0 spiro atoms. The Morgan fingerprint density at radius 3 is 2.54 bits per heavy atom. The van der Waals surface area contributed by atoms with Gasteiger partial charge in [-0.3, -0.25) is 9.59 Å². The third-order valence-electron chi connectivity index (χ3n) is 8.88. The molecule has 0 unspecified atom stereocenters. The van der Waals surface area contributed by atoms with E-state index in [2.05, 4.69) is 26.1 Å². The number of ketones is 1. The Morgan fingerprint density at radius 2 is 1.83 bits per heavy atom. The molecule has 4 rings (SSSR count). The van der Waals surface area contributed by atoms with Gasteiger partial charge in [-0.2, -0.15) is 0 Å². The van der Waals surface area contributed by atoms with E-state index in [1.54, 1.807) is 0 Å². The molecule has 1 aliphatic heterocycles. The molecule has 0 bridgehead atoms. The molecule has 24 heavy (non-hydrogen) atoms. The second kappa shape index (κ2) is 5.32. The minimum Gasteiger partial charge on any atom is -0.353 e. The normalized spacial score (nSPS) is 53.6. The molecule has 134 valence electrons. The Kier molecular flexibility index (Phi) is 3.68. The van der Waals surface area contributed by atoms with Crippen molar-refractivity contribution in [1.82, 2.24) is 5.32 Å². The zero-order valence-electron chi connectivity index (χ0n) is 15.7. The second-order valence-electron chi connectivity index (χ2n) is 9.93. The summed E-state index contributed by atoms with van der Waals surface area (Å²) in [5.74, 6) is 3.65. The maximum atomic E-state index is 12.4. The molecule has 1 saturated heterocycles. The predicted octanol–water partition coefficient (Wildman–Crippen LogP) is 3.96. The molecule has 3 heteroatoms. The van der Waals surface area contributed by atoms with E-state index in [0.29, 0.717) is 30.1 Å². The second-order valence-corrected chi connectivity index (χ2v) is 9.93. The van der Waals surface area contributed by atoms with Gasteiger partial charge in [0, 0.05) is 18.4 Å². The van der Waals surface area contributed by atoms with Gasteiger partial charge in [-0.15, -0.1) is 0 Å². The number of nitrogens with one attached hydrogen (secondary N) is 1. The highest BCUT2D eigenvalue weighted by molar-refractivity contribution is 5.80. The Bertz CT molecular complexity index is 572. The van der Waals surface area contributed by atoms with Gasteiger partial charge in [0.2, 0.25) is 5.91 Å². The molecule has 3 nitrogen and oxygen atoms in total. The predicted molar refractivity (Wildman–Crippen MR) is 94.3 cm³/mol. The van der Waals surface area contributed by atoms with Crippen molar-refractivity contribution in [1.29, 1.82) is 0 Å². The summed E-state index contributed by atoms with van der Waals surface area (Å²) in [5.41, 5.74) is 0.489. The third kappa shape index (κ3) is 2.08. The molecule has 3 saturated carbocycles. The van der Waals surface area contributed by atoms with E-state index in [4.69, 9.17) is 0 Å². The molecule has 1 heterocycles. The van der Waals surface area contributed by atoms with E-state index in [0.717, 1.165) is 24.7 Å². The number of hydrogen-bond donors (Lipinski definition) is 1. The summed E-state index contributed by atoms with van der Waals surface area (Å²) < 4.78 is 0. The van der Waals surface area contributed by atoms with Crippen LogP contribution in [0.4, 0.5) is 0 Å². The van der Waals surface area contributed by atoms with Crippen molar-refractivity contribution >= 4 is 11.7 Å². The van der Waals surface area contributed by atoms with Gasteiger partial charge >= 0.3 is 0 Å². The van der Waals surface area contributed by atoms with E-state index < -0.39 is 0 Å². The fourth-order valence-corrected chi connectivity index (χ4v) is 7.93. The molecule has 0 aromatic heterocycles. The summed E-state index contributed by atoms with van der Waals surface area (Å²) in [4.78, 5) is 24.2. The Labute approximate surface area is 146 Å². The fourth-order valence-electron chi connectivity index (χ4n) is 7.93. The lowest BCUT2D eigenvalue weighted by molar-refractivity contribution is -0.140. The average Bonchev–Trinajstić information content (AvgIpc) is 2.78. The zero-order chi connectivity index (χ0) is 17.3. The van der Waals surface area contributed by atoms with Gasteiger partial charge in [-0.25, -0.2) is 0 Å². The van der Waals surface area contributed by atoms with E-state index >= 15 is 0 Å². The van der Waals surface area contributed by atoms with Crippen LogP contribution in [0.15, 0.2) is 0 Å². The molecule has 8 atom stereocenters. The lowest BCUT2D eigenvalue weighted by Gasteiger charge is -2.60. The van der Waals surface area contributed by atoms with Crippen molar-refractivity contribution in [3.63, 3.8) is 0 Å². The van der Waals surface area contributed by atoms with Crippen LogP contribution in [0.1, 0.15) is 72.6 Å². The highest BCUT2D eigenvalue weighted by atomic mass is 16.1. The van der Waals surface area contributed by atoms with Crippen molar-refractivity contribution in [2.75, 3.05) is 0 Å². The summed E-state index contributed by atoms with van der Waals surface area (Å²) in [6, 6.07) is 0.381. The van der Waals surface area contributed by atoms with Crippen LogP contribution in [0.2, 0.25) is 0 Å². The van der Waals surface area contributed by atoms with Crippen molar-refractivity contribution in [3.8, 4) is 0 Å². The highest BCUT2D eigenvalue weighted by Crippen LogP contribution is 2.66. The molecular formula is C21H33NO2. The van der Waals surface area contributed by atoms with E-state index in [1.165, 1.54) is 25.7 Å². The molecule has 1 amide bonds. The number of hydrogen-bond acceptors (Lipinski definition) is 2. The first-order valence-corrected chi connectivity index (χ1v) is 10.1. The highest BCUT2D eigenvalue weighted by Gasteiger charge is 2.62. The van der Waals surface area contributed by atoms with Gasteiger partial charge in [0.15, 0.2) is 0 Å². The standard InChI is InChI=1S/C21H33NO2/c1-12-11-16-14-5-6-17-20(3,10-8-18(24)22-17)15(14)7-9-21(16,4)19(12)13(2)23/h12,14-17,19H,5-11H2,1-4H3,(H,22,24)/t12-,14+,15-,16-,17+,19+,20+,21-/m0/s1. The minimum absolute atomic E-state index is 0.216. The molecule has 3 aliphatic carbocycles. The molecule has 0 aromatic rings. The molecular weight excluding hydrogens is 298 g/mol. The van der Waals surface area contributed by atoms with Crippen LogP contribution < -0.4 is 5.32 Å². The first kappa shape index (κ1) is 16.6. The summed E-state index contributed by atoms with van der Waals surface area (Å²) in [6.45, 7) is 8.98. The topological polar surface area (TPSA) is 46.2 Å². The number of carbonyl (C=O) groups is 2. The molecule has 4 fully saturated rings.